The Morgan fingerprint density at radius 2 is 0.857 bits per heavy atom. The maximum atomic E-state index is 8.49. The van der Waals surface area contributed by atoms with Gasteiger partial charge in [0.1, 0.15) is 0 Å². The number of hydrogen-bond donors (Lipinski definition) is 0. The molecular weight excluding hydrogens is 124 g/mol. The van der Waals surface area contributed by atoms with Gasteiger partial charge in [-0.25, -0.2) is 18.6 Å². The van der Waals surface area contributed by atoms with Crippen molar-refractivity contribution in [2.75, 3.05) is 0 Å². The predicted molar refractivity (Wildman–Crippen MR) is 12.1 cm³/mol. The Morgan fingerprint density at radius 3 is 0.857 bits per heavy atom. The SMILES string of the molecule is B.[N+].[O-][Cl+3]([O-])([O-])[O-]. The third-order valence-corrected chi connectivity index (χ3v) is 0. The first-order chi connectivity index (χ1) is 2.00. The lowest BCUT2D eigenvalue weighted by Crippen LogP contribution is -2.68. The van der Waals surface area contributed by atoms with Crippen LogP contribution in [0.1, 0.15) is 0 Å². The Balaban J connectivity index is -0.0000000800. The van der Waals surface area contributed by atoms with Gasteiger partial charge in [0.25, 0.3) is 0 Å². The summed E-state index contributed by atoms with van der Waals surface area (Å²) in [5, 5.41) is 0. The van der Waals surface area contributed by atoms with Gasteiger partial charge in [-0.05, 0) is 0 Å². The lowest BCUT2D eigenvalue weighted by molar-refractivity contribution is -2.00. The molecule has 7 heavy (non-hydrogen) atoms. The van der Waals surface area contributed by atoms with Crippen LogP contribution in [0.25, 0.3) is 0 Å². The summed E-state index contributed by atoms with van der Waals surface area (Å²) < 4.78 is 34.0. The smallest absolute Gasteiger partial charge is 0.222 e. The molecule has 5 nitrogen and oxygen atoms in total. The standard InChI is InChI=1S/BH3.ClHO4.N/c;2-1(3,4)5;/h1H3;(H,2,3,4,5);/q;;+1/p-1. The average molecular weight is 127 g/mol. The van der Waals surface area contributed by atoms with Gasteiger partial charge in [-0.15, -0.1) is 10.2 Å². The van der Waals surface area contributed by atoms with Crippen molar-refractivity contribution in [2.24, 2.45) is 0 Å². The third kappa shape index (κ3) is 4430. The van der Waals surface area contributed by atoms with E-state index >= 15 is 0 Å². The summed E-state index contributed by atoms with van der Waals surface area (Å²) in [6, 6.07) is 0. The van der Waals surface area contributed by atoms with E-state index in [-0.39, 0.29) is 14.6 Å². The number of halogens is 1. The van der Waals surface area contributed by atoms with Gasteiger partial charge >= 0.3 is 6.15 Å². The van der Waals surface area contributed by atoms with Crippen molar-refractivity contribution in [3.05, 3.63) is 0 Å². The van der Waals surface area contributed by atoms with E-state index < -0.39 is 10.2 Å². The Hall–Kier alpha value is 0.155. The number of nitrogens with zero attached hydrogens (tertiary/aromatic N) is 1. The van der Waals surface area contributed by atoms with Crippen LogP contribution >= 0.6 is 0 Å². The van der Waals surface area contributed by atoms with E-state index in [0.717, 1.165) is 0 Å². The highest BCUT2D eigenvalue weighted by molar-refractivity contribution is 5.75. The lowest BCUT2D eigenvalue weighted by Gasteiger charge is -2.17. The summed E-state index contributed by atoms with van der Waals surface area (Å²) in [5.74, 6) is 0. The minimum absolute atomic E-state index is 0. The monoisotopic (exact) mass is 127 g/mol. The molecule has 0 N–H and O–H groups in total. The minimum atomic E-state index is -4.94. The fourth-order valence-electron chi connectivity index (χ4n) is 0. The molecule has 0 fully saturated rings. The largest absolute Gasteiger partial charge is 1.00 e. The molecule has 0 heterocycles. The topological polar surface area (TPSA) is 123 Å². The van der Waals surface area contributed by atoms with E-state index in [4.69, 9.17) is 18.6 Å². The van der Waals surface area contributed by atoms with Crippen LogP contribution in [0.4, 0.5) is 0 Å². The fourth-order valence-corrected chi connectivity index (χ4v) is 0. The molecule has 0 amide bonds. The highest BCUT2D eigenvalue weighted by Crippen LogP contribution is 1.49. The Bertz CT molecular complexity index is 27.2. The zero-order valence-electron chi connectivity index (χ0n) is 2.46. The molecule has 0 aromatic rings. The quantitative estimate of drug-likeness (QED) is 0.300. The second-order valence-corrected chi connectivity index (χ2v) is 1.13. The summed E-state index contributed by atoms with van der Waals surface area (Å²) in [5.41, 5.74) is 0. The molecular formula is H3BClNO4. The highest BCUT2D eigenvalue weighted by atomic mass is 35.7. The average Bonchev–Trinajstić information content (AvgIpc) is 0.722. The van der Waals surface area contributed by atoms with E-state index in [0.29, 0.717) is 0 Å². The molecule has 0 spiro atoms. The Kier molecular flexibility index (Phi) is 9.68. The second-order valence-electron chi connectivity index (χ2n) is 0.378. The molecule has 0 atom stereocenters. The molecule has 0 saturated heterocycles. The van der Waals surface area contributed by atoms with Gasteiger partial charge in [0.15, 0.2) is 0 Å². The van der Waals surface area contributed by atoms with E-state index in [2.05, 4.69) is 0 Å². The van der Waals surface area contributed by atoms with Crippen molar-refractivity contribution in [2.45, 2.75) is 0 Å². The van der Waals surface area contributed by atoms with Crippen LogP contribution in [0, 0.1) is 10.2 Å². The maximum absolute atomic E-state index is 8.49. The molecule has 0 rings (SSSR count). The molecule has 0 aliphatic rings. The van der Waals surface area contributed by atoms with E-state index in [1.54, 1.807) is 0 Å². The summed E-state index contributed by atoms with van der Waals surface area (Å²) in [7, 11) is -4.94. The summed E-state index contributed by atoms with van der Waals surface area (Å²) in [6.07, 6.45) is 0. The molecule has 42 valence electrons. The number of hydrogen-bond acceptors (Lipinski definition) is 4. The van der Waals surface area contributed by atoms with Crippen LogP contribution in [0.3, 0.4) is 0 Å². The molecule has 0 aliphatic heterocycles. The van der Waals surface area contributed by atoms with Crippen LogP contribution in [0.5, 0.6) is 0 Å². The van der Waals surface area contributed by atoms with Crippen molar-refractivity contribution < 1.29 is 28.9 Å². The first-order valence-electron chi connectivity index (χ1n) is 0.617. The third-order valence-electron chi connectivity index (χ3n) is 0. The van der Waals surface area contributed by atoms with Gasteiger partial charge in [0.2, 0.25) is 0 Å². The predicted octanol–water partition coefficient (Wildman–Crippen LogP) is -6.42. The van der Waals surface area contributed by atoms with Crippen LogP contribution in [-0.4, -0.2) is 8.41 Å². The van der Waals surface area contributed by atoms with Crippen molar-refractivity contribution >= 4 is 8.41 Å². The summed E-state index contributed by atoms with van der Waals surface area (Å²) in [4.78, 5) is 0. The van der Waals surface area contributed by atoms with E-state index in [9.17, 15) is 0 Å². The number of rotatable bonds is 0. The van der Waals surface area contributed by atoms with Gasteiger partial charge < -0.3 is 0 Å². The van der Waals surface area contributed by atoms with Crippen molar-refractivity contribution in [3.63, 3.8) is 0 Å². The van der Waals surface area contributed by atoms with Crippen LogP contribution in [0.15, 0.2) is 0 Å². The molecule has 0 aromatic heterocycles. The van der Waals surface area contributed by atoms with E-state index in [1.165, 1.54) is 0 Å². The summed E-state index contributed by atoms with van der Waals surface area (Å²) >= 11 is 0. The van der Waals surface area contributed by atoms with Crippen LogP contribution in [0.2, 0.25) is 0 Å². The van der Waals surface area contributed by atoms with Crippen molar-refractivity contribution in [1.82, 2.24) is 6.15 Å². The fraction of sp³-hybridized carbons (Fsp3) is 0. The molecule has 0 unspecified atom stereocenters. The van der Waals surface area contributed by atoms with Gasteiger partial charge in [0.05, 0.1) is 8.41 Å². The molecule has 7 heteroatoms. The van der Waals surface area contributed by atoms with Crippen molar-refractivity contribution in [1.29, 1.82) is 0 Å². The minimum Gasteiger partial charge on any atom is -0.222 e. The lowest BCUT2D eigenvalue weighted by atomic mass is 10.8. The normalized spacial score (nSPS) is 8.57. The zero-order chi connectivity index (χ0) is 4.50. The Morgan fingerprint density at radius 1 is 0.857 bits per heavy atom. The maximum Gasteiger partial charge on any atom is 1.00 e. The van der Waals surface area contributed by atoms with Crippen LogP contribution < -0.4 is 24.8 Å². The highest BCUT2D eigenvalue weighted by Gasteiger charge is 1.84. The molecule has 0 bridgehead atoms. The molecule has 0 aliphatic carbocycles. The first kappa shape index (κ1) is 15.7. The summed E-state index contributed by atoms with van der Waals surface area (Å²) in [6.45, 7) is 0. The van der Waals surface area contributed by atoms with Crippen LogP contribution in [-0.2, 0) is 0 Å². The van der Waals surface area contributed by atoms with Gasteiger partial charge in [-0.2, -0.15) is 0 Å². The Labute approximate surface area is 44.5 Å². The first-order valence-corrected chi connectivity index (χ1v) is 1.85. The molecule has 0 saturated carbocycles. The second kappa shape index (κ2) is 4.32. The molecule has 0 aromatic carbocycles. The van der Waals surface area contributed by atoms with Gasteiger partial charge in [0, 0.05) is 0 Å². The van der Waals surface area contributed by atoms with Gasteiger partial charge in [-0.3, -0.25) is 0 Å². The molecule has 4 radical (unpaired) electrons. The van der Waals surface area contributed by atoms with E-state index in [1.807, 2.05) is 0 Å². The zero-order valence-corrected chi connectivity index (χ0v) is 3.21. The van der Waals surface area contributed by atoms with Gasteiger partial charge in [-0.1, -0.05) is 0 Å². The van der Waals surface area contributed by atoms with Crippen molar-refractivity contribution in [3.8, 4) is 0 Å².